The van der Waals surface area contributed by atoms with E-state index in [1.54, 1.807) is 28.8 Å². The molecule has 4 rings (SSSR count). The van der Waals surface area contributed by atoms with E-state index in [-0.39, 0.29) is 5.82 Å². The molecule has 0 saturated carbocycles. The normalized spacial score (nSPS) is 11.3. The Morgan fingerprint density at radius 1 is 0.952 bits per heavy atom. The summed E-state index contributed by atoms with van der Waals surface area (Å²) in [7, 11) is 0. The molecule has 2 aromatic heterocycles. The zero-order valence-corrected chi connectivity index (χ0v) is 11.4. The summed E-state index contributed by atoms with van der Waals surface area (Å²) in [6.45, 7) is 0. The summed E-state index contributed by atoms with van der Waals surface area (Å²) in [6, 6.07) is 10.4. The van der Waals surface area contributed by atoms with E-state index in [1.807, 2.05) is 12.1 Å². The Balaban J connectivity index is 2.13. The summed E-state index contributed by atoms with van der Waals surface area (Å²) in [4.78, 5) is 3.98. The van der Waals surface area contributed by atoms with Gasteiger partial charge in [-0.05, 0) is 17.5 Å². The van der Waals surface area contributed by atoms with E-state index in [0.717, 1.165) is 10.9 Å². The maximum absolute atomic E-state index is 13.9. The van der Waals surface area contributed by atoms with Gasteiger partial charge in [-0.25, -0.2) is 4.39 Å². The number of hydrogen-bond acceptors (Lipinski definition) is 3. The first-order chi connectivity index (χ1) is 10.3. The molecule has 0 N–H and O–H groups in total. The standard InChI is InChI=1S/C15H8ClFN4/c16-13-7-18-8-14-19-20-15(21(13)14)11-5-6-12(17)10-4-2-1-3-9(10)11/h1-8H. The van der Waals surface area contributed by atoms with Gasteiger partial charge in [0.1, 0.15) is 11.0 Å². The molecule has 0 aliphatic heterocycles. The molecular formula is C15H8ClFN4. The Labute approximate surface area is 123 Å². The van der Waals surface area contributed by atoms with Crippen LogP contribution in [0.1, 0.15) is 0 Å². The number of nitrogens with zero attached hydrogens (tertiary/aromatic N) is 4. The number of aromatic nitrogens is 4. The van der Waals surface area contributed by atoms with Gasteiger partial charge in [0.25, 0.3) is 0 Å². The van der Waals surface area contributed by atoms with Crippen LogP contribution in [-0.4, -0.2) is 19.6 Å². The largest absolute Gasteiger partial charge is 0.262 e. The number of hydrogen-bond donors (Lipinski definition) is 0. The molecule has 0 fully saturated rings. The Bertz CT molecular complexity index is 980. The number of rotatable bonds is 1. The second-order valence-corrected chi connectivity index (χ2v) is 4.97. The van der Waals surface area contributed by atoms with Crippen LogP contribution in [0.15, 0.2) is 48.8 Å². The Morgan fingerprint density at radius 2 is 1.76 bits per heavy atom. The molecule has 2 aromatic carbocycles. The highest BCUT2D eigenvalue weighted by Gasteiger charge is 2.14. The van der Waals surface area contributed by atoms with E-state index in [0.29, 0.717) is 22.0 Å². The van der Waals surface area contributed by atoms with E-state index in [1.165, 1.54) is 12.3 Å². The number of benzene rings is 2. The van der Waals surface area contributed by atoms with Crippen LogP contribution in [0.25, 0.3) is 27.8 Å². The zero-order valence-electron chi connectivity index (χ0n) is 10.7. The van der Waals surface area contributed by atoms with Crippen LogP contribution in [0.2, 0.25) is 5.15 Å². The van der Waals surface area contributed by atoms with Crippen LogP contribution >= 0.6 is 11.6 Å². The molecule has 0 amide bonds. The molecule has 0 radical (unpaired) electrons. The fourth-order valence-corrected chi connectivity index (χ4v) is 2.67. The molecule has 102 valence electrons. The van der Waals surface area contributed by atoms with Crippen molar-refractivity contribution in [2.45, 2.75) is 0 Å². The van der Waals surface area contributed by atoms with Crippen LogP contribution < -0.4 is 0 Å². The minimum atomic E-state index is -0.268. The Morgan fingerprint density at radius 3 is 2.62 bits per heavy atom. The summed E-state index contributed by atoms with van der Waals surface area (Å²) in [5, 5.41) is 9.94. The van der Waals surface area contributed by atoms with Crippen molar-refractivity contribution in [2.75, 3.05) is 0 Å². The summed E-state index contributed by atoms with van der Waals surface area (Å²) < 4.78 is 15.6. The van der Waals surface area contributed by atoms with Gasteiger partial charge in [0.15, 0.2) is 11.5 Å². The molecule has 0 atom stereocenters. The average molecular weight is 299 g/mol. The highest BCUT2D eigenvalue weighted by Crippen LogP contribution is 2.30. The highest BCUT2D eigenvalue weighted by molar-refractivity contribution is 6.29. The molecule has 0 aliphatic carbocycles. The fraction of sp³-hybridized carbons (Fsp3) is 0. The zero-order chi connectivity index (χ0) is 14.4. The summed E-state index contributed by atoms with van der Waals surface area (Å²) in [6.07, 6.45) is 3.10. The molecule has 0 unspecified atom stereocenters. The van der Waals surface area contributed by atoms with Crippen molar-refractivity contribution in [3.8, 4) is 11.4 Å². The van der Waals surface area contributed by atoms with Gasteiger partial charge in [-0.1, -0.05) is 35.9 Å². The maximum atomic E-state index is 13.9. The van der Waals surface area contributed by atoms with Crippen LogP contribution in [0.3, 0.4) is 0 Å². The van der Waals surface area contributed by atoms with Crippen molar-refractivity contribution in [1.29, 1.82) is 0 Å². The third-order valence-corrected chi connectivity index (χ3v) is 3.65. The Kier molecular flexibility index (Phi) is 2.62. The molecule has 6 heteroatoms. The minimum Gasteiger partial charge on any atom is -0.262 e. The minimum absolute atomic E-state index is 0.268. The Hall–Kier alpha value is -2.53. The number of fused-ring (bicyclic) bond motifs is 2. The van der Waals surface area contributed by atoms with E-state index in [2.05, 4.69) is 15.2 Å². The molecule has 2 heterocycles. The predicted octanol–water partition coefficient (Wildman–Crippen LogP) is 3.74. The first-order valence-electron chi connectivity index (χ1n) is 6.28. The van der Waals surface area contributed by atoms with Crippen molar-refractivity contribution in [3.63, 3.8) is 0 Å². The lowest BCUT2D eigenvalue weighted by Crippen LogP contribution is -1.94. The second kappa shape index (κ2) is 4.49. The lowest BCUT2D eigenvalue weighted by Gasteiger charge is -2.07. The van der Waals surface area contributed by atoms with Crippen molar-refractivity contribution in [3.05, 3.63) is 59.8 Å². The summed E-state index contributed by atoms with van der Waals surface area (Å²) in [5.41, 5.74) is 1.32. The van der Waals surface area contributed by atoms with E-state index < -0.39 is 0 Å². The monoisotopic (exact) mass is 298 g/mol. The maximum Gasteiger partial charge on any atom is 0.180 e. The summed E-state index contributed by atoms with van der Waals surface area (Å²) >= 11 is 6.18. The van der Waals surface area contributed by atoms with Gasteiger partial charge in [-0.2, -0.15) is 0 Å². The van der Waals surface area contributed by atoms with Gasteiger partial charge in [-0.15, -0.1) is 10.2 Å². The van der Waals surface area contributed by atoms with Gasteiger partial charge in [0, 0.05) is 10.9 Å². The van der Waals surface area contributed by atoms with Crippen LogP contribution in [0, 0.1) is 5.82 Å². The third-order valence-electron chi connectivity index (χ3n) is 3.38. The lowest BCUT2D eigenvalue weighted by molar-refractivity contribution is 0.640. The van der Waals surface area contributed by atoms with Crippen LogP contribution in [0.5, 0.6) is 0 Å². The molecule has 4 aromatic rings. The smallest absolute Gasteiger partial charge is 0.180 e. The predicted molar refractivity (Wildman–Crippen MR) is 78.7 cm³/mol. The molecule has 0 bridgehead atoms. The van der Waals surface area contributed by atoms with Gasteiger partial charge >= 0.3 is 0 Å². The number of halogens is 2. The van der Waals surface area contributed by atoms with Gasteiger partial charge in [0.2, 0.25) is 0 Å². The van der Waals surface area contributed by atoms with E-state index in [4.69, 9.17) is 11.6 Å². The summed E-state index contributed by atoms with van der Waals surface area (Å²) in [5.74, 6) is 0.296. The lowest BCUT2D eigenvalue weighted by atomic mass is 10.0. The fourth-order valence-electron chi connectivity index (χ4n) is 2.45. The quantitative estimate of drug-likeness (QED) is 0.538. The molecular weight excluding hydrogens is 291 g/mol. The van der Waals surface area contributed by atoms with E-state index in [9.17, 15) is 4.39 Å². The van der Waals surface area contributed by atoms with E-state index >= 15 is 0 Å². The average Bonchev–Trinajstić information content (AvgIpc) is 2.93. The van der Waals surface area contributed by atoms with Crippen molar-refractivity contribution in [2.24, 2.45) is 0 Å². The van der Waals surface area contributed by atoms with Crippen molar-refractivity contribution < 1.29 is 4.39 Å². The first kappa shape index (κ1) is 12.2. The van der Waals surface area contributed by atoms with Crippen molar-refractivity contribution in [1.82, 2.24) is 19.6 Å². The molecule has 0 saturated heterocycles. The van der Waals surface area contributed by atoms with Gasteiger partial charge in [-0.3, -0.25) is 9.38 Å². The van der Waals surface area contributed by atoms with Crippen molar-refractivity contribution >= 4 is 28.0 Å². The molecule has 0 aliphatic rings. The van der Waals surface area contributed by atoms with Crippen LogP contribution in [0.4, 0.5) is 4.39 Å². The molecule has 21 heavy (non-hydrogen) atoms. The topological polar surface area (TPSA) is 43.1 Å². The molecule has 0 spiro atoms. The van der Waals surface area contributed by atoms with Gasteiger partial charge < -0.3 is 0 Å². The van der Waals surface area contributed by atoms with Gasteiger partial charge in [0.05, 0.1) is 12.4 Å². The molecule has 4 nitrogen and oxygen atoms in total. The van der Waals surface area contributed by atoms with Crippen LogP contribution in [-0.2, 0) is 0 Å². The second-order valence-electron chi connectivity index (χ2n) is 4.59. The SMILES string of the molecule is Fc1ccc(-c2nnc3cncc(Cl)n23)c2ccccc12. The third kappa shape index (κ3) is 1.78. The highest BCUT2D eigenvalue weighted by atomic mass is 35.5. The first-order valence-corrected chi connectivity index (χ1v) is 6.66.